The molecule has 0 bridgehead atoms. The lowest BCUT2D eigenvalue weighted by atomic mass is 10.1. The molecule has 0 aliphatic carbocycles. The average molecular weight is 203 g/mol. The molecule has 2 aromatic rings. The Morgan fingerprint density at radius 1 is 1.60 bits per heavy atom. The molecule has 0 saturated carbocycles. The highest BCUT2D eigenvalue weighted by Crippen LogP contribution is 2.23. The lowest BCUT2D eigenvalue weighted by Crippen LogP contribution is -1.95. The summed E-state index contributed by atoms with van der Waals surface area (Å²) in [4.78, 5) is 0. The third-order valence-corrected chi connectivity index (χ3v) is 2.34. The van der Waals surface area contributed by atoms with E-state index in [4.69, 9.17) is 10.5 Å². The SMILES string of the molecule is C=C(N)c1c(C)nn2ccc(OC)cc12. The van der Waals surface area contributed by atoms with Crippen LogP contribution in [0, 0.1) is 6.92 Å². The quantitative estimate of drug-likeness (QED) is 0.806. The van der Waals surface area contributed by atoms with Crippen LogP contribution >= 0.6 is 0 Å². The normalized spacial score (nSPS) is 10.5. The molecule has 15 heavy (non-hydrogen) atoms. The molecular weight excluding hydrogens is 190 g/mol. The van der Waals surface area contributed by atoms with Gasteiger partial charge in [0.2, 0.25) is 0 Å². The van der Waals surface area contributed by atoms with Gasteiger partial charge in [0.15, 0.2) is 0 Å². The zero-order valence-corrected chi connectivity index (χ0v) is 8.82. The first-order valence-corrected chi connectivity index (χ1v) is 4.61. The van der Waals surface area contributed by atoms with Crippen LogP contribution in [0.1, 0.15) is 11.3 Å². The maximum absolute atomic E-state index is 5.73. The van der Waals surface area contributed by atoms with Crippen molar-refractivity contribution in [2.45, 2.75) is 6.92 Å². The molecule has 4 nitrogen and oxygen atoms in total. The molecule has 0 radical (unpaired) electrons. The highest BCUT2D eigenvalue weighted by molar-refractivity contribution is 5.77. The minimum Gasteiger partial charge on any atom is -0.497 e. The fourth-order valence-electron chi connectivity index (χ4n) is 1.67. The molecule has 2 N–H and O–H groups in total. The maximum Gasteiger partial charge on any atom is 0.122 e. The highest BCUT2D eigenvalue weighted by Gasteiger charge is 2.10. The Kier molecular flexibility index (Phi) is 2.11. The Morgan fingerprint density at radius 3 is 2.93 bits per heavy atom. The number of aryl methyl sites for hydroxylation is 1. The number of rotatable bonds is 2. The van der Waals surface area contributed by atoms with Crippen LogP contribution in [0.3, 0.4) is 0 Å². The van der Waals surface area contributed by atoms with Crippen molar-refractivity contribution < 1.29 is 4.74 Å². The molecule has 0 saturated heterocycles. The lowest BCUT2D eigenvalue weighted by Gasteiger charge is -2.01. The smallest absolute Gasteiger partial charge is 0.122 e. The molecule has 0 fully saturated rings. The van der Waals surface area contributed by atoms with Gasteiger partial charge in [-0.2, -0.15) is 5.10 Å². The second-order valence-electron chi connectivity index (χ2n) is 3.38. The molecule has 0 atom stereocenters. The van der Waals surface area contributed by atoms with Crippen LogP contribution in [0.4, 0.5) is 0 Å². The molecular formula is C11H13N3O. The summed E-state index contributed by atoms with van der Waals surface area (Å²) in [6.45, 7) is 5.66. The Labute approximate surface area is 88.0 Å². The Hall–Kier alpha value is -1.97. The summed E-state index contributed by atoms with van der Waals surface area (Å²) in [5.41, 5.74) is 8.92. The molecule has 0 unspecified atom stereocenters. The van der Waals surface area contributed by atoms with Gasteiger partial charge in [-0.1, -0.05) is 6.58 Å². The molecule has 4 heteroatoms. The van der Waals surface area contributed by atoms with Gasteiger partial charge in [0, 0.05) is 23.5 Å². The second kappa shape index (κ2) is 3.31. The van der Waals surface area contributed by atoms with Crippen molar-refractivity contribution in [1.82, 2.24) is 9.61 Å². The van der Waals surface area contributed by atoms with E-state index in [1.165, 1.54) is 0 Å². The third kappa shape index (κ3) is 1.44. The van der Waals surface area contributed by atoms with Crippen LogP contribution < -0.4 is 10.5 Å². The van der Waals surface area contributed by atoms with Gasteiger partial charge in [-0.15, -0.1) is 0 Å². The number of nitrogens with two attached hydrogens (primary N) is 1. The predicted octanol–water partition coefficient (Wildman–Crippen LogP) is 1.58. The van der Waals surface area contributed by atoms with Crippen molar-refractivity contribution in [3.05, 3.63) is 36.2 Å². The summed E-state index contributed by atoms with van der Waals surface area (Å²) in [5, 5.41) is 4.33. The van der Waals surface area contributed by atoms with E-state index in [1.807, 2.05) is 25.3 Å². The van der Waals surface area contributed by atoms with Crippen molar-refractivity contribution >= 4 is 11.2 Å². The zero-order valence-electron chi connectivity index (χ0n) is 8.82. The van der Waals surface area contributed by atoms with E-state index < -0.39 is 0 Å². The predicted molar refractivity (Wildman–Crippen MR) is 59.7 cm³/mol. The summed E-state index contributed by atoms with van der Waals surface area (Å²) in [6, 6.07) is 3.75. The third-order valence-electron chi connectivity index (χ3n) is 2.34. The highest BCUT2D eigenvalue weighted by atomic mass is 16.5. The van der Waals surface area contributed by atoms with Gasteiger partial charge in [-0.25, -0.2) is 4.52 Å². The topological polar surface area (TPSA) is 52.5 Å². The minimum atomic E-state index is 0.524. The first kappa shape index (κ1) is 9.58. The molecule has 78 valence electrons. The fraction of sp³-hybridized carbons (Fsp3) is 0.182. The van der Waals surface area contributed by atoms with Crippen LogP contribution in [0.25, 0.3) is 11.2 Å². The van der Waals surface area contributed by atoms with Crippen molar-refractivity contribution in [3.63, 3.8) is 0 Å². The zero-order chi connectivity index (χ0) is 11.0. The fourth-order valence-corrected chi connectivity index (χ4v) is 1.67. The summed E-state index contributed by atoms with van der Waals surface area (Å²) in [5.74, 6) is 0.782. The van der Waals surface area contributed by atoms with E-state index in [1.54, 1.807) is 11.6 Å². The van der Waals surface area contributed by atoms with E-state index in [-0.39, 0.29) is 0 Å². The Balaban J connectivity index is 2.77. The molecule has 2 rings (SSSR count). The first-order valence-electron chi connectivity index (χ1n) is 4.61. The van der Waals surface area contributed by atoms with Gasteiger partial charge < -0.3 is 10.5 Å². The molecule has 2 aromatic heterocycles. The summed E-state index contributed by atoms with van der Waals surface area (Å²) in [7, 11) is 1.63. The number of pyridine rings is 1. The average Bonchev–Trinajstić information content (AvgIpc) is 2.52. The molecule has 0 aliphatic heterocycles. The number of fused-ring (bicyclic) bond motifs is 1. The Bertz CT molecular complexity index is 528. The number of nitrogens with zero attached hydrogens (tertiary/aromatic N) is 2. The maximum atomic E-state index is 5.73. The molecule has 0 aliphatic rings. The van der Waals surface area contributed by atoms with E-state index in [0.717, 1.165) is 22.5 Å². The van der Waals surface area contributed by atoms with Crippen molar-refractivity contribution in [2.24, 2.45) is 5.73 Å². The molecule has 0 amide bonds. The van der Waals surface area contributed by atoms with Crippen molar-refractivity contribution in [1.29, 1.82) is 0 Å². The standard InChI is InChI=1S/C11H13N3O/c1-7(12)11-8(2)13-14-5-4-9(15-3)6-10(11)14/h4-6H,1,12H2,2-3H3. The van der Waals surface area contributed by atoms with Crippen LogP contribution in [0.15, 0.2) is 24.9 Å². The van der Waals surface area contributed by atoms with Gasteiger partial charge >= 0.3 is 0 Å². The number of ether oxygens (including phenoxy) is 1. The van der Waals surface area contributed by atoms with Gasteiger partial charge in [0.1, 0.15) is 5.75 Å². The number of hydrogen-bond acceptors (Lipinski definition) is 3. The monoisotopic (exact) mass is 203 g/mol. The number of methoxy groups -OCH3 is 1. The van der Waals surface area contributed by atoms with Crippen molar-refractivity contribution in [2.75, 3.05) is 7.11 Å². The van der Waals surface area contributed by atoms with Gasteiger partial charge in [-0.05, 0) is 13.0 Å². The minimum absolute atomic E-state index is 0.524. The number of aromatic nitrogens is 2. The summed E-state index contributed by atoms with van der Waals surface area (Å²) in [6.07, 6.45) is 1.84. The summed E-state index contributed by atoms with van der Waals surface area (Å²) >= 11 is 0. The Morgan fingerprint density at radius 2 is 2.33 bits per heavy atom. The van der Waals surface area contributed by atoms with E-state index >= 15 is 0 Å². The number of hydrogen-bond donors (Lipinski definition) is 1. The molecule has 0 spiro atoms. The van der Waals surface area contributed by atoms with Gasteiger partial charge in [-0.3, -0.25) is 0 Å². The van der Waals surface area contributed by atoms with Crippen LogP contribution in [-0.4, -0.2) is 16.7 Å². The van der Waals surface area contributed by atoms with E-state index in [0.29, 0.717) is 5.70 Å². The largest absolute Gasteiger partial charge is 0.497 e. The van der Waals surface area contributed by atoms with Crippen LogP contribution in [-0.2, 0) is 0 Å². The second-order valence-corrected chi connectivity index (χ2v) is 3.38. The molecule has 2 heterocycles. The lowest BCUT2D eigenvalue weighted by molar-refractivity contribution is 0.414. The van der Waals surface area contributed by atoms with Gasteiger partial charge in [0.25, 0.3) is 0 Å². The molecule has 0 aromatic carbocycles. The van der Waals surface area contributed by atoms with Crippen LogP contribution in [0.2, 0.25) is 0 Å². The van der Waals surface area contributed by atoms with E-state index in [9.17, 15) is 0 Å². The van der Waals surface area contributed by atoms with E-state index in [2.05, 4.69) is 11.7 Å². The first-order chi connectivity index (χ1) is 7.13. The van der Waals surface area contributed by atoms with Gasteiger partial charge in [0.05, 0.1) is 18.3 Å². The summed E-state index contributed by atoms with van der Waals surface area (Å²) < 4.78 is 6.92. The van der Waals surface area contributed by atoms with Crippen molar-refractivity contribution in [3.8, 4) is 5.75 Å². The van der Waals surface area contributed by atoms with Crippen LogP contribution in [0.5, 0.6) is 5.75 Å².